The van der Waals surface area contributed by atoms with Crippen molar-refractivity contribution in [1.82, 2.24) is 0 Å². The maximum Gasteiger partial charge on any atom is 0.340 e. The number of hydrogen-bond donors (Lipinski definition) is 0. The molecule has 0 aromatic heterocycles. The van der Waals surface area contributed by atoms with Crippen molar-refractivity contribution in [3.8, 4) is 0 Å². The second kappa shape index (κ2) is 4.00. The predicted octanol–water partition coefficient (Wildman–Crippen LogP) is 0.741. The highest BCUT2D eigenvalue weighted by atomic mass is 16.5. The van der Waals surface area contributed by atoms with E-state index < -0.39 is 5.97 Å². The molecule has 0 aromatic carbocycles. The molecule has 2 aliphatic rings. The highest BCUT2D eigenvalue weighted by Crippen LogP contribution is 2.33. The molecular formula is C11H12NO4+. The summed E-state index contributed by atoms with van der Waals surface area (Å²) in [6, 6.07) is 0. The first-order chi connectivity index (χ1) is 7.63. The highest BCUT2D eigenvalue weighted by molar-refractivity contribution is 5.97. The summed E-state index contributed by atoms with van der Waals surface area (Å²) < 4.78 is 5.07. The average molecular weight is 222 g/mol. The molecule has 0 atom stereocenters. The first-order valence-electron chi connectivity index (χ1n) is 5.11. The number of nitroso groups, excluding NO2 is 1. The van der Waals surface area contributed by atoms with E-state index in [1.807, 2.05) is 0 Å². The normalized spacial score (nSPS) is 19.9. The van der Waals surface area contributed by atoms with Gasteiger partial charge in [-0.05, 0) is 18.9 Å². The molecule has 0 amide bonds. The van der Waals surface area contributed by atoms with E-state index >= 15 is 0 Å². The molecule has 1 aliphatic carbocycles. The van der Waals surface area contributed by atoms with Gasteiger partial charge in [0, 0.05) is 21.7 Å². The molecule has 16 heavy (non-hydrogen) atoms. The summed E-state index contributed by atoms with van der Waals surface area (Å²) >= 11 is 0. The van der Waals surface area contributed by atoms with E-state index in [0.717, 1.165) is 12.8 Å². The third kappa shape index (κ3) is 1.93. The van der Waals surface area contributed by atoms with Gasteiger partial charge in [0.05, 0.1) is 7.11 Å². The van der Waals surface area contributed by atoms with Gasteiger partial charge < -0.3 is 4.74 Å². The Hall–Kier alpha value is -1.78. The number of carbonyl (C=O) groups excluding carboxylic acids is 2. The van der Waals surface area contributed by atoms with Crippen molar-refractivity contribution < 1.29 is 19.1 Å². The molecule has 0 aromatic rings. The van der Waals surface area contributed by atoms with E-state index in [-0.39, 0.29) is 29.5 Å². The van der Waals surface area contributed by atoms with Gasteiger partial charge in [-0.3, -0.25) is 4.79 Å². The van der Waals surface area contributed by atoms with Crippen molar-refractivity contribution in [2.24, 2.45) is 5.92 Å². The molecule has 1 heterocycles. The van der Waals surface area contributed by atoms with Gasteiger partial charge in [-0.15, -0.1) is 0 Å². The zero-order valence-electron chi connectivity index (χ0n) is 8.93. The van der Waals surface area contributed by atoms with Gasteiger partial charge in [0.15, 0.2) is 0 Å². The van der Waals surface area contributed by atoms with Gasteiger partial charge in [0.1, 0.15) is 5.57 Å². The fraction of sp³-hybridized carbons (Fsp3) is 0.455. The minimum atomic E-state index is -0.532. The van der Waals surface area contributed by atoms with E-state index in [1.165, 1.54) is 19.3 Å². The molecule has 0 bridgehead atoms. The Balaban J connectivity index is 2.19. The van der Waals surface area contributed by atoms with Gasteiger partial charge in [0.25, 0.3) is 5.70 Å². The van der Waals surface area contributed by atoms with Gasteiger partial charge in [-0.25, -0.2) is 4.79 Å². The number of ketones is 1. The third-order valence-electron chi connectivity index (χ3n) is 2.67. The first-order valence-corrected chi connectivity index (χ1v) is 5.11. The van der Waals surface area contributed by atoms with Crippen LogP contribution >= 0.6 is 0 Å². The van der Waals surface area contributed by atoms with Crippen LogP contribution in [0.3, 0.4) is 0 Å². The SMILES string of the molecule is COC(=O)C1=CC=C(C(=O)C2CC2)[N+](=O)C1. The third-order valence-corrected chi connectivity index (χ3v) is 2.67. The van der Waals surface area contributed by atoms with Crippen LogP contribution in [-0.2, 0) is 14.3 Å². The lowest BCUT2D eigenvalue weighted by Crippen LogP contribution is -2.25. The number of carbonyl (C=O) groups is 2. The molecule has 1 aliphatic heterocycles. The number of esters is 1. The van der Waals surface area contributed by atoms with Gasteiger partial charge in [-0.1, -0.05) is 0 Å². The Morgan fingerprint density at radius 2 is 2.06 bits per heavy atom. The van der Waals surface area contributed by atoms with E-state index in [0.29, 0.717) is 4.76 Å². The van der Waals surface area contributed by atoms with Crippen molar-refractivity contribution >= 4 is 11.8 Å². The Bertz CT molecular complexity index is 429. The van der Waals surface area contributed by atoms with E-state index in [2.05, 4.69) is 4.74 Å². The predicted molar refractivity (Wildman–Crippen MR) is 54.4 cm³/mol. The van der Waals surface area contributed by atoms with Crippen molar-refractivity contribution in [1.29, 1.82) is 0 Å². The minimum Gasteiger partial charge on any atom is -0.465 e. The van der Waals surface area contributed by atoms with Crippen LogP contribution in [0.4, 0.5) is 0 Å². The molecule has 0 spiro atoms. The van der Waals surface area contributed by atoms with Crippen LogP contribution < -0.4 is 0 Å². The smallest absolute Gasteiger partial charge is 0.340 e. The number of hydrogen-bond acceptors (Lipinski definition) is 4. The van der Waals surface area contributed by atoms with Crippen LogP contribution in [0.2, 0.25) is 0 Å². The minimum absolute atomic E-state index is 0.00998. The summed E-state index contributed by atoms with van der Waals surface area (Å²) in [5.74, 6) is -0.638. The number of Topliss-reactive ketones (excluding diaryl/α,β-unsaturated/α-hetero) is 1. The number of rotatable bonds is 3. The van der Waals surface area contributed by atoms with Gasteiger partial charge in [-0.2, -0.15) is 0 Å². The van der Waals surface area contributed by atoms with Gasteiger partial charge >= 0.3 is 5.97 Å². The lowest BCUT2D eigenvalue weighted by atomic mass is 10.1. The van der Waals surface area contributed by atoms with Crippen molar-refractivity contribution in [3.63, 3.8) is 0 Å². The second-order valence-electron chi connectivity index (χ2n) is 3.91. The lowest BCUT2D eigenvalue weighted by molar-refractivity contribution is -0.485. The average Bonchev–Trinajstić information content (AvgIpc) is 3.10. The largest absolute Gasteiger partial charge is 0.465 e. The first kappa shape index (κ1) is 10.7. The Morgan fingerprint density at radius 1 is 1.38 bits per heavy atom. The topological polar surface area (TPSA) is 63.5 Å². The zero-order chi connectivity index (χ0) is 11.7. The Kier molecular flexibility index (Phi) is 2.68. The van der Waals surface area contributed by atoms with Crippen LogP contribution in [0.1, 0.15) is 12.8 Å². The zero-order valence-corrected chi connectivity index (χ0v) is 8.93. The highest BCUT2D eigenvalue weighted by Gasteiger charge is 2.40. The van der Waals surface area contributed by atoms with Crippen LogP contribution in [-0.4, -0.2) is 30.2 Å². The number of ether oxygens (including phenoxy) is 1. The van der Waals surface area contributed by atoms with E-state index in [4.69, 9.17) is 0 Å². The van der Waals surface area contributed by atoms with E-state index in [9.17, 15) is 14.5 Å². The molecule has 0 N–H and O–H groups in total. The molecular weight excluding hydrogens is 210 g/mol. The standard InChI is InChI=1S/C11H12NO4/c1-16-11(14)8-4-5-9(12(15)6-8)10(13)7-2-3-7/h4-5,7H,2-3,6H2,1H3/q+1. The molecule has 0 unspecified atom stereocenters. The molecule has 84 valence electrons. The molecule has 5 heteroatoms. The maximum absolute atomic E-state index is 11.7. The number of methoxy groups -OCH3 is 1. The van der Waals surface area contributed by atoms with Gasteiger partial charge in [0.2, 0.25) is 12.3 Å². The summed E-state index contributed by atoms with van der Waals surface area (Å²) in [7, 11) is 1.26. The fourth-order valence-electron chi connectivity index (χ4n) is 1.58. The van der Waals surface area contributed by atoms with Crippen LogP contribution in [0.25, 0.3) is 0 Å². The quantitative estimate of drug-likeness (QED) is 0.522. The molecule has 1 saturated carbocycles. The Morgan fingerprint density at radius 3 is 2.56 bits per heavy atom. The number of allylic oxidation sites excluding steroid dienone is 3. The summed E-state index contributed by atoms with van der Waals surface area (Å²) in [6.07, 6.45) is 4.61. The monoisotopic (exact) mass is 222 g/mol. The van der Waals surface area contributed by atoms with Crippen molar-refractivity contribution in [2.45, 2.75) is 12.8 Å². The maximum atomic E-state index is 11.7. The second-order valence-corrected chi connectivity index (χ2v) is 3.91. The van der Waals surface area contributed by atoms with Crippen LogP contribution in [0.5, 0.6) is 0 Å². The lowest BCUT2D eigenvalue weighted by Gasteiger charge is -2.04. The summed E-state index contributed by atoms with van der Waals surface area (Å²) in [4.78, 5) is 34.4. The molecule has 2 rings (SSSR count). The Labute approximate surface area is 92.3 Å². The van der Waals surface area contributed by atoms with Crippen LogP contribution in [0.15, 0.2) is 23.4 Å². The van der Waals surface area contributed by atoms with Crippen molar-refractivity contribution in [2.75, 3.05) is 13.7 Å². The summed E-state index contributed by atoms with van der Waals surface area (Å²) in [6.45, 7) is -0.114. The van der Waals surface area contributed by atoms with Crippen LogP contribution in [0, 0.1) is 10.8 Å². The molecule has 0 radical (unpaired) electrons. The summed E-state index contributed by atoms with van der Waals surface area (Å²) in [5.41, 5.74) is 0.417. The fourth-order valence-corrected chi connectivity index (χ4v) is 1.58. The van der Waals surface area contributed by atoms with E-state index in [1.54, 1.807) is 0 Å². The molecule has 0 saturated heterocycles. The van der Waals surface area contributed by atoms with Crippen molar-refractivity contribution in [3.05, 3.63) is 28.3 Å². The molecule has 1 fully saturated rings. The molecule has 5 nitrogen and oxygen atoms in total. The number of nitrogens with zero attached hydrogens (tertiary/aromatic N) is 1. The summed E-state index contributed by atoms with van der Waals surface area (Å²) in [5, 5.41) is 0.